The van der Waals surface area contributed by atoms with Gasteiger partial charge in [-0.1, -0.05) is 54.1 Å². The van der Waals surface area contributed by atoms with E-state index in [2.05, 4.69) is 27.9 Å². The Morgan fingerprint density at radius 1 is 1.07 bits per heavy atom. The molecule has 3 aromatic rings. The minimum Gasteiger partial charge on any atom is -0.387 e. The summed E-state index contributed by atoms with van der Waals surface area (Å²) in [6, 6.07) is 18.1. The van der Waals surface area contributed by atoms with E-state index in [1.165, 1.54) is 11.1 Å². The van der Waals surface area contributed by atoms with E-state index >= 15 is 0 Å². The second-order valence-corrected chi connectivity index (χ2v) is 6.97. The monoisotopic (exact) mass is 519 g/mol. The fourth-order valence-electron chi connectivity index (χ4n) is 3.04. The predicted molar refractivity (Wildman–Crippen MR) is 132 cm³/mol. The number of aliphatic hydroxyl groups excluding tert-OH is 1. The van der Waals surface area contributed by atoms with Crippen LogP contribution in [0, 0.1) is 6.92 Å². The summed E-state index contributed by atoms with van der Waals surface area (Å²) >= 11 is 0. The molecular formula is C23H30IN5O. The summed E-state index contributed by atoms with van der Waals surface area (Å²) in [5.41, 5.74) is 4.41. The van der Waals surface area contributed by atoms with Crippen molar-refractivity contribution in [2.45, 2.75) is 33.0 Å². The molecule has 6 nitrogen and oxygen atoms in total. The number of halogens is 1. The van der Waals surface area contributed by atoms with Crippen molar-refractivity contribution in [2.75, 3.05) is 13.1 Å². The molecule has 1 unspecified atom stereocenters. The van der Waals surface area contributed by atoms with Gasteiger partial charge in [-0.05, 0) is 36.6 Å². The third-order valence-electron chi connectivity index (χ3n) is 4.69. The van der Waals surface area contributed by atoms with E-state index in [1.807, 2.05) is 67.2 Å². The van der Waals surface area contributed by atoms with E-state index in [0.29, 0.717) is 19.0 Å². The molecule has 7 heteroatoms. The molecule has 1 aromatic heterocycles. The lowest BCUT2D eigenvalue weighted by Gasteiger charge is -2.16. The average Bonchev–Trinajstić information content (AvgIpc) is 3.24. The van der Waals surface area contributed by atoms with Gasteiger partial charge in [-0.25, -0.2) is 4.99 Å². The number of aliphatic hydroxyl groups is 1. The molecule has 30 heavy (non-hydrogen) atoms. The highest BCUT2D eigenvalue weighted by atomic mass is 127. The van der Waals surface area contributed by atoms with E-state index in [1.54, 1.807) is 6.20 Å². The van der Waals surface area contributed by atoms with E-state index < -0.39 is 6.10 Å². The lowest BCUT2D eigenvalue weighted by Crippen LogP contribution is -2.39. The summed E-state index contributed by atoms with van der Waals surface area (Å²) in [5, 5.41) is 21.2. The summed E-state index contributed by atoms with van der Waals surface area (Å²) in [4.78, 5) is 4.71. The smallest absolute Gasteiger partial charge is 0.191 e. The maximum absolute atomic E-state index is 10.4. The molecule has 3 rings (SSSR count). The van der Waals surface area contributed by atoms with Gasteiger partial charge in [-0.2, -0.15) is 5.10 Å². The first-order valence-corrected chi connectivity index (χ1v) is 9.96. The third-order valence-corrected chi connectivity index (χ3v) is 4.69. The molecule has 0 saturated heterocycles. The molecule has 0 amide bonds. The van der Waals surface area contributed by atoms with Crippen molar-refractivity contribution in [1.29, 1.82) is 0 Å². The van der Waals surface area contributed by atoms with Gasteiger partial charge in [0.05, 0.1) is 19.2 Å². The average molecular weight is 519 g/mol. The molecule has 0 fully saturated rings. The summed E-state index contributed by atoms with van der Waals surface area (Å²) in [5.74, 6) is 0.688. The number of benzene rings is 2. The largest absolute Gasteiger partial charge is 0.387 e. The SMILES string of the molecule is CCNC(=NCc1ccccc1Cn1cccn1)NCC(O)c1ccc(C)cc1.I. The number of guanidine groups is 1. The van der Waals surface area contributed by atoms with Gasteiger partial charge in [0, 0.05) is 25.5 Å². The van der Waals surface area contributed by atoms with Crippen LogP contribution in [0.15, 0.2) is 72.0 Å². The van der Waals surface area contributed by atoms with E-state index in [9.17, 15) is 5.11 Å². The molecule has 0 aliphatic rings. The Balaban J connectivity index is 0.00000320. The molecule has 3 N–H and O–H groups in total. The van der Waals surface area contributed by atoms with Crippen LogP contribution in [0.25, 0.3) is 0 Å². The maximum Gasteiger partial charge on any atom is 0.191 e. The number of aryl methyl sites for hydroxylation is 1. The number of aromatic nitrogens is 2. The number of nitrogens with one attached hydrogen (secondary N) is 2. The highest BCUT2D eigenvalue weighted by Gasteiger charge is 2.09. The Hall–Kier alpha value is -2.39. The molecule has 0 radical (unpaired) electrons. The molecule has 0 saturated carbocycles. The van der Waals surface area contributed by atoms with Crippen LogP contribution in [0.3, 0.4) is 0 Å². The van der Waals surface area contributed by atoms with Gasteiger partial charge in [0.25, 0.3) is 0 Å². The molecule has 0 spiro atoms. The normalized spacial score (nSPS) is 12.2. The first kappa shape index (κ1) is 23.9. The zero-order valence-electron chi connectivity index (χ0n) is 17.5. The van der Waals surface area contributed by atoms with Gasteiger partial charge in [0.2, 0.25) is 0 Å². The fraction of sp³-hybridized carbons (Fsp3) is 0.304. The van der Waals surface area contributed by atoms with E-state index in [0.717, 1.165) is 24.2 Å². The first-order chi connectivity index (χ1) is 14.2. The molecule has 2 aromatic carbocycles. The topological polar surface area (TPSA) is 74.5 Å². The van der Waals surface area contributed by atoms with Gasteiger partial charge < -0.3 is 15.7 Å². The summed E-state index contributed by atoms with van der Waals surface area (Å²) < 4.78 is 1.91. The van der Waals surface area contributed by atoms with Crippen molar-refractivity contribution in [2.24, 2.45) is 4.99 Å². The van der Waals surface area contributed by atoms with Crippen molar-refractivity contribution in [3.63, 3.8) is 0 Å². The second-order valence-electron chi connectivity index (χ2n) is 6.97. The Morgan fingerprint density at radius 3 is 2.47 bits per heavy atom. The van der Waals surface area contributed by atoms with Gasteiger partial charge in [0.15, 0.2) is 5.96 Å². The van der Waals surface area contributed by atoms with Crippen molar-refractivity contribution >= 4 is 29.9 Å². The van der Waals surface area contributed by atoms with Gasteiger partial charge in [0.1, 0.15) is 0 Å². The third kappa shape index (κ3) is 7.14. The number of hydrogen-bond acceptors (Lipinski definition) is 3. The van der Waals surface area contributed by atoms with Crippen molar-refractivity contribution in [1.82, 2.24) is 20.4 Å². The van der Waals surface area contributed by atoms with E-state index in [-0.39, 0.29) is 24.0 Å². The molecular weight excluding hydrogens is 489 g/mol. The second kappa shape index (κ2) is 12.3. The van der Waals surface area contributed by atoms with Crippen LogP contribution >= 0.6 is 24.0 Å². The fourth-order valence-corrected chi connectivity index (χ4v) is 3.04. The number of rotatable bonds is 8. The predicted octanol–water partition coefficient (Wildman–Crippen LogP) is 3.65. The molecule has 0 aliphatic carbocycles. The van der Waals surface area contributed by atoms with Crippen LogP contribution in [0.2, 0.25) is 0 Å². The zero-order valence-corrected chi connectivity index (χ0v) is 19.8. The van der Waals surface area contributed by atoms with Crippen LogP contribution in [0.4, 0.5) is 0 Å². The summed E-state index contributed by atoms with van der Waals surface area (Å²) in [6.07, 6.45) is 3.15. The molecule has 0 bridgehead atoms. The van der Waals surface area contributed by atoms with Crippen LogP contribution in [0.1, 0.15) is 35.3 Å². The lowest BCUT2D eigenvalue weighted by molar-refractivity contribution is 0.181. The van der Waals surface area contributed by atoms with Gasteiger partial charge in [-0.3, -0.25) is 4.68 Å². The quantitative estimate of drug-likeness (QED) is 0.242. The van der Waals surface area contributed by atoms with Crippen LogP contribution in [-0.4, -0.2) is 33.9 Å². The Bertz CT molecular complexity index is 910. The number of hydrogen-bond donors (Lipinski definition) is 3. The van der Waals surface area contributed by atoms with Crippen LogP contribution in [0.5, 0.6) is 0 Å². The first-order valence-electron chi connectivity index (χ1n) is 9.96. The number of aliphatic imine (C=N–C) groups is 1. The van der Waals surface area contributed by atoms with Crippen molar-refractivity contribution in [3.05, 3.63) is 89.2 Å². The molecule has 160 valence electrons. The molecule has 0 aliphatic heterocycles. The summed E-state index contributed by atoms with van der Waals surface area (Å²) in [6.45, 7) is 6.47. The maximum atomic E-state index is 10.4. The van der Waals surface area contributed by atoms with Gasteiger partial charge in [-0.15, -0.1) is 24.0 Å². The van der Waals surface area contributed by atoms with E-state index in [4.69, 9.17) is 4.99 Å². The Kier molecular flexibility index (Phi) is 9.82. The summed E-state index contributed by atoms with van der Waals surface area (Å²) in [7, 11) is 0. The van der Waals surface area contributed by atoms with Crippen molar-refractivity contribution < 1.29 is 5.11 Å². The Labute approximate surface area is 195 Å². The van der Waals surface area contributed by atoms with Crippen LogP contribution < -0.4 is 10.6 Å². The zero-order chi connectivity index (χ0) is 20.5. The minimum atomic E-state index is -0.591. The van der Waals surface area contributed by atoms with Crippen molar-refractivity contribution in [3.8, 4) is 0 Å². The minimum absolute atomic E-state index is 0. The molecule has 1 heterocycles. The Morgan fingerprint density at radius 2 is 1.80 bits per heavy atom. The lowest BCUT2D eigenvalue weighted by atomic mass is 10.1. The number of nitrogens with zero attached hydrogens (tertiary/aromatic N) is 3. The highest BCUT2D eigenvalue weighted by molar-refractivity contribution is 14.0. The highest BCUT2D eigenvalue weighted by Crippen LogP contribution is 2.13. The standard InChI is InChI=1S/C23H29N5O.HI/c1-3-24-23(26-16-22(29)19-11-9-18(2)10-12-19)25-15-20-7-4-5-8-21(20)17-28-14-6-13-27-28;/h4-14,22,29H,3,15-17H2,1-2H3,(H2,24,25,26);1H. The van der Waals surface area contributed by atoms with Crippen LogP contribution in [-0.2, 0) is 13.1 Å². The molecule has 1 atom stereocenters. The van der Waals surface area contributed by atoms with Gasteiger partial charge >= 0.3 is 0 Å².